The van der Waals surface area contributed by atoms with Crippen molar-refractivity contribution in [3.63, 3.8) is 0 Å². The number of carbonyl (C=O) groups excluding carboxylic acids is 1. The minimum atomic E-state index is 0.228. The van der Waals surface area contributed by atoms with Gasteiger partial charge in [-0.25, -0.2) is 0 Å². The summed E-state index contributed by atoms with van der Waals surface area (Å²) in [5.74, 6) is 3.89. The van der Waals surface area contributed by atoms with Gasteiger partial charge in [-0.15, -0.1) is 6.42 Å². The van der Waals surface area contributed by atoms with Crippen LogP contribution in [0.25, 0.3) is 0 Å². The number of carbonyl (C=O) groups is 1. The summed E-state index contributed by atoms with van der Waals surface area (Å²) in [6.45, 7) is 4.89. The lowest BCUT2D eigenvalue weighted by molar-refractivity contribution is -0.116. The maximum atomic E-state index is 11.5. The Balaban J connectivity index is 2.52. The Hall–Kier alpha value is -1.23. The molecule has 0 aromatic heterocycles. The lowest BCUT2D eigenvalue weighted by atomic mass is 9.85. The van der Waals surface area contributed by atoms with E-state index in [0.29, 0.717) is 24.8 Å². The molecule has 15 heavy (non-hydrogen) atoms. The highest BCUT2D eigenvalue weighted by molar-refractivity contribution is 5.91. The van der Waals surface area contributed by atoms with E-state index in [1.165, 1.54) is 0 Å². The highest BCUT2D eigenvalue weighted by Crippen LogP contribution is 2.26. The predicted molar refractivity (Wildman–Crippen MR) is 62.1 cm³/mol. The Morgan fingerprint density at radius 2 is 2.33 bits per heavy atom. The molecule has 1 atom stereocenters. The molecule has 1 rings (SSSR count). The Morgan fingerprint density at radius 1 is 1.60 bits per heavy atom. The van der Waals surface area contributed by atoms with E-state index in [1.54, 1.807) is 6.08 Å². The van der Waals surface area contributed by atoms with Crippen LogP contribution in [-0.4, -0.2) is 12.3 Å². The first-order valence-electron chi connectivity index (χ1n) is 5.52. The van der Waals surface area contributed by atoms with Crippen molar-refractivity contribution in [3.05, 3.63) is 11.8 Å². The molecule has 0 radical (unpaired) electrons. The van der Waals surface area contributed by atoms with Gasteiger partial charge in [-0.05, 0) is 24.7 Å². The third-order valence-electron chi connectivity index (χ3n) is 2.56. The Bertz CT molecular complexity index is 296. The molecule has 0 saturated carbocycles. The number of nitrogens with one attached hydrogen (secondary N) is 1. The van der Waals surface area contributed by atoms with Crippen molar-refractivity contribution in [2.75, 3.05) is 6.54 Å². The van der Waals surface area contributed by atoms with Crippen LogP contribution in [0.15, 0.2) is 11.8 Å². The number of terminal acetylenes is 1. The molecule has 0 aliphatic heterocycles. The van der Waals surface area contributed by atoms with Crippen molar-refractivity contribution in [3.8, 4) is 12.3 Å². The van der Waals surface area contributed by atoms with Crippen molar-refractivity contribution in [2.45, 2.75) is 33.1 Å². The first-order valence-corrected chi connectivity index (χ1v) is 5.52. The highest BCUT2D eigenvalue weighted by atomic mass is 16.1. The lowest BCUT2D eigenvalue weighted by Gasteiger charge is -2.23. The standard InChI is InChI=1S/C13H19NO/c1-4-5-14-12-7-11(6-10(2)3)8-13(15)9-12/h1,9-11,14H,5-8H2,2-3H3/t11-/m0/s1. The summed E-state index contributed by atoms with van der Waals surface area (Å²) >= 11 is 0. The normalized spacial score (nSPS) is 21.1. The Morgan fingerprint density at radius 3 is 2.93 bits per heavy atom. The van der Waals surface area contributed by atoms with Gasteiger partial charge in [0.15, 0.2) is 5.78 Å². The van der Waals surface area contributed by atoms with Gasteiger partial charge in [0.05, 0.1) is 6.54 Å². The van der Waals surface area contributed by atoms with Crippen molar-refractivity contribution >= 4 is 5.78 Å². The lowest BCUT2D eigenvalue weighted by Crippen LogP contribution is -2.23. The summed E-state index contributed by atoms with van der Waals surface area (Å²) in [5.41, 5.74) is 1.01. The van der Waals surface area contributed by atoms with Crippen LogP contribution in [0.1, 0.15) is 33.1 Å². The fourth-order valence-corrected chi connectivity index (χ4v) is 2.10. The van der Waals surface area contributed by atoms with Gasteiger partial charge < -0.3 is 5.32 Å². The van der Waals surface area contributed by atoms with Crippen LogP contribution in [0.5, 0.6) is 0 Å². The van der Waals surface area contributed by atoms with Crippen LogP contribution in [0, 0.1) is 24.2 Å². The Labute approximate surface area is 92.1 Å². The van der Waals surface area contributed by atoms with Gasteiger partial charge in [0.2, 0.25) is 0 Å². The number of rotatable bonds is 4. The second-order valence-corrected chi connectivity index (χ2v) is 4.60. The van der Waals surface area contributed by atoms with E-state index in [4.69, 9.17) is 6.42 Å². The smallest absolute Gasteiger partial charge is 0.157 e. The second-order valence-electron chi connectivity index (χ2n) is 4.60. The summed E-state index contributed by atoms with van der Waals surface area (Å²) in [5, 5.41) is 3.11. The second kappa shape index (κ2) is 5.60. The molecular formula is C13H19NO. The molecule has 0 saturated heterocycles. The molecule has 0 amide bonds. The van der Waals surface area contributed by atoms with Crippen molar-refractivity contribution < 1.29 is 4.79 Å². The molecule has 2 heteroatoms. The van der Waals surface area contributed by atoms with E-state index in [1.807, 2.05) is 0 Å². The first kappa shape index (κ1) is 11.8. The maximum absolute atomic E-state index is 11.5. The molecule has 1 aliphatic carbocycles. The molecule has 0 spiro atoms. The summed E-state index contributed by atoms with van der Waals surface area (Å²) in [7, 11) is 0. The van der Waals surface area contributed by atoms with Gasteiger partial charge in [-0.1, -0.05) is 19.8 Å². The maximum Gasteiger partial charge on any atom is 0.157 e. The molecule has 0 bridgehead atoms. The molecule has 2 nitrogen and oxygen atoms in total. The SMILES string of the molecule is C#CCNC1=CC(=O)C[C@@H](CC(C)C)C1. The Kier molecular flexibility index (Phi) is 4.42. The van der Waals surface area contributed by atoms with Gasteiger partial charge in [0, 0.05) is 18.2 Å². The predicted octanol–water partition coefficient (Wildman–Crippen LogP) is 2.12. The molecule has 0 heterocycles. The molecular weight excluding hydrogens is 186 g/mol. The van der Waals surface area contributed by atoms with Crippen molar-refractivity contribution in [1.29, 1.82) is 0 Å². The minimum absolute atomic E-state index is 0.228. The van der Waals surface area contributed by atoms with Crippen LogP contribution >= 0.6 is 0 Å². The van der Waals surface area contributed by atoms with Crippen LogP contribution in [0.4, 0.5) is 0 Å². The zero-order chi connectivity index (χ0) is 11.3. The van der Waals surface area contributed by atoms with Crippen LogP contribution in [0.3, 0.4) is 0 Å². The number of hydrogen-bond donors (Lipinski definition) is 1. The minimum Gasteiger partial charge on any atom is -0.377 e. The van der Waals surface area contributed by atoms with E-state index in [9.17, 15) is 4.79 Å². The molecule has 0 unspecified atom stereocenters. The van der Waals surface area contributed by atoms with Gasteiger partial charge in [0.25, 0.3) is 0 Å². The van der Waals surface area contributed by atoms with E-state index in [0.717, 1.165) is 18.5 Å². The average Bonchev–Trinajstić information content (AvgIpc) is 2.12. The fourth-order valence-electron chi connectivity index (χ4n) is 2.10. The largest absolute Gasteiger partial charge is 0.377 e. The number of allylic oxidation sites excluding steroid dienone is 2. The van der Waals surface area contributed by atoms with Gasteiger partial charge >= 0.3 is 0 Å². The zero-order valence-electron chi connectivity index (χ0n) is 9.55. The monoisotopic (exact) mass is 205 g/mol. The number of hydrogen-bond acceptors (Lipinski definition) is 2. The quantitative estimate of drug-likeness (QED) is 0.712. The van der Waals surface area contributed by atoms with Gasteiger partial charge in [-0.2, -0.15) is 0 Å². The molecule has 0 aromatic carbocycles. The average molecular weight is 205 g/mol. The third-order valence-corrected chi connectivity index (χ3v) is 2.56. The molecule has 1 N–H and O–H groups in total. The third kappa shape index (κ3) is 4.20. The molecule has 82 valence electrons. The summed E-state index contributed by atoms with van der Waals surface area (Å²) in [6, 6.07) is 0. The first-order chi connectivity index (χ1) is 7.11. The highest BCUT2D eigenvalue weighted by Gasteiger charge is 2.20. The van der Waals surface area contributed by atoms with Gasteiger partial charge in [-0.3, -0.25) is 4.79 Å². The van der Waals surface area contributed by atoms with E-state index in [2.05, 4.69) is 25.1 Å². The summed E-state index contributed by atoms with van der Waals surface area (Å²) < 4.78 is 0. The van der Waals surface area contributed by atoms with Crippen molar-refractivity contribution in [2.24, 2.45) is 11.8 Å². The van der Waals surface area contributed by atoms with Crippen LogP contribution in [0.2, 0.25) is 0 Å². The molecule has 0 aromatic rings. The van der Waals surface area contributed by atoms with E-state index < -0.39 is 0 Å². The summed E-state index contributed by atoms with van der Waals surface area (Å²) in [6.07, 6.45) is 9.64. The molecule has 1 aliphatic rings. The molecule has 0 fully saturated rings. The topological polar surface area (TPSA) is 29.1 Å². The van der Waals surface area contributed by atoms with Crippen molar-refractivity contribution in [1.82, 2.24) is 5.32 Å². The summed E-state index contributed by atoms with van der Waals surface area (Å²) in [4.78, 5) is 11.5. The van der Waals surface area contributed by atoms with E-state index >= 15 is 0 Å². The number of ketones is 1. The fraction of sp³-hybridized carbons (Fsp3) is 0.615. The van der Waals surface area contributed by atoms with Crippen LogP contribution < -0.4 is 5.32 Å². The van der Waals surface area contributed by atoms with E-state index in [-0.39, 0.29) is 5.78 Å². The van der Waals surface area contributed by atoms with Crippen LogP contribution in [-0.2, 0) is 4.79 Å². The van der Waals surface area contributed by atoms with Gasteiger partial charge in [0.1, 0.15) is 0 Å². The zero-order valence-corrected chi connectivity index (χ0v) is 9.55.